The van der Waals surface area contributed by atoms with Gasteiger partial charge in [0.25, 0.3) is 5.91 Å². The van der Waals surface area contributed by atoms with E-state index in [0.717, 1.165) is 5.56 Å². The zero-order valence-corrected chi connectivity index (χ0v) is 18.8. The second kappa shape index (κ2) is 10.4. The highest BCUT2D eigenvalue weighted by atomic mass is 19.4. The molecule has 1 aliphatic heterocycles. The van der Waals surface area contributed by atoms with Crippen LogP contribution in [0.2, 0.25) is 0 Å². The van der Waals surface area contributed by atoms with Gasteiger partial charge in [-0.1, -0.05) is 66.7 Å². The summed E-state index contributed by atoms with van der Waals surface area (Å²) in [4.78, 5) is 18.3. The smallest absolute Gasteiger partial charge is 0.350 e. The third-order valence-electron chi connectivity index (χ3n) is 6.72. The molecule has 1 saturated heterocycles. The number of aromatic nitrogens is 1. The van der Waals surface area contributed by atoms with Gasteiger partial charge in [-0.2, -0.15) is 13.2 Å². The number of alkyl halides is 3. The summed E-state index contributed by atoms with van der Waals surface area (Å²) in [5.41, 5.74) is 1.59. The summed E-state index contributed by atoms with van der Waals surface area (Å²) in [5, 5.41) is 2.98. The zero-order valence-electron chi connectivity index (χ0n) is 18.8. The molecule has 0 aliphatic carbocycles. The average molecular weight is 468 g/mol. The Morgan fingerprint density at radius 2 is 1.56 bits per heavy atom. The summed E-state index contributed by atoms with van der Waals surface area (Å²) in [6.45, 7) is 0.937. The summed E-state index contributed by atoms with van der Waals surface area (Å²) in [5.74, 6) is -0.282. The summed E-state index contributed by atoms with van der Waals surface area (Å²) >= 11 is 0. The molecule has 4 nitrogen and oxygen atoms in total. The first-order valence-electron chi connectivity index (χ1n) is 11.5. The van der Waals surface area contributed by atoms with Crippen LogP contribution in [0.1, 0.15) is 34.5 Å². The number of pyridine rings is 1. The van der Waals surface area contributed by atoms with Gasteiger partial charge in [-0.15, -0.1) is 0 Å². The van der Waals surface area contributed by atoms with Gasteiger partial charge >= 0.3 is 6.18 Å². The molecule has 0 saturated carbocycles. The van der Waals surface area contributed by atoms with Gasteiger partial charge in [0.05, 0.1) is 0 Å². The number of rotatable bonds is 7. The Morgan fingerprint density at radius 1 is 0.941 bits per heavy atom. The van der Waals surface area contributed by atoms with E-state index in [4.69, 9.17) is 0 Å². The fraction of sp³-hybridized carbons (Fsp3) is 0.333. The number of amides is 1. The Bertz CT molecular complexity index is 1050. The maximum absolute atomic E-state index is 14.0. The second-order valence-electron chi connectivity index (χ2n) is 8.83. The number of piperidine rings is 1. The van der Waals surface area contributed by atoms with Crippen molar-refractivity contribution in [2.24, 2.45) is 0 Å². The Labute approximate surface area is 197 Å². The van der Waals surface area contributed by atoms with Gasteiger partial charge in [0.1, 0.15) is 11.7 Å². The van der Waals surface area contributed by atoms with E-state index in [1.165, 1.54) is 0 Å². The molecule has 1 unspecified atom stereocenters. The van der Waals surface area contributed by atoms with Gasteiger partial charge in [-0.05, 0) is 55.6 Å². The normalized spacial score (nSPS) is 17.1. The summed E-state index contributed by atoms with van der Waals surface area (Å²) in [7, 11) is 0. The number of hydrogen-bond donors (Lipinski definition) is 1. The van der Waals surface area contributed by atoms with Crippen LogP contribution in [0.15, 0.2) is 85.1 Å². The third kappa shape index (κ3) is 5.65. The zero-order chi connectivity index (χ0) is 24.0. The lowest BCUT2D eigenvalue weighted by Crippen LogP contribution is -2.55. The maximum Gasteiger partial charge on any atom is 0.404 e. The number of benzene rings is 2. The van der Waals surface area contributed by atoms with Crippen LogP contribution in [0.5, 0.6) is 0 Å². The van der Waals surface area contributed by atoms with Gasteiger partial charge in [0.2, 0.25) is 0 Å². The molecule has 0 bridgehead atoms. The van der Waals surface area contributed by atoms with Crippen molar-refractivity contribution < 1.29 is 18.0 Å². The van der Waals surface area contributed by atoms with Crippen molar-refractivity contribution in [3.05, 3.63) is 102 Å². The minimum absolute atomic E-state index is 0.0703. The number of likely N-dealkylation sites (tertiary alicyclic amines) is 1. The van der Waals surface area contributed by atoms with E-state index in [1.54, 1.807) is 59.6 Å². The molecule has 2 aromatic carbocycles. The fourth-order valence-electron chi connectivity index (χ4n) is 4.75. The second-order valence-corrected chi connectivity index (χ2v) is 8.83. The molecule has 0 spiro atoms. The summed E-state index contributed by atoms with van der Waals surface area (Å²) < 4.78 is 42.1. The monoisotopic (exact) mass is 467 g/mol. The first-order valence-corrected chi connectivity index (χ1v) is 11.5. The number of hydrogen-bond acceptors (Lipinski definition) is 3. The molecule has 3 aromatic rings. The van der Waals surface area contributed by atoms with Gasteiger partial charge < -0.3 is 5.32 Å². The van der Waals surface area contributed by atoms with E-state index in [1.807, 2.05) is 30.3 Å². The van der Waals surface area contributed by atoms with E-state index in [9.17, 15) is 18.0 Å². The lowest BCUT2D eigenvalue weighted by Gasteiger charge is -2.45. The number of carbonyl (C=O) groups excluding carboxylic acids is 1. The molecule has 7 heteroatoms. The number of nitrogens with one attached hydrogen (secondary N) is 1. The molecule has 1 N–H and O–H groups in total. The maximum atomic E-state index is 14.0. The molecule has 2 heterocycles. The van der Waals surface area contributed by atoms with Crippen molar-refractivity contribution in [1.29, 1.82) is 0 Å². The molecular weight excluding hydrogens is 439 g/mol. The van der Waals surface area contributed by atoms with Crippen molar-refractivity contribution in [2.75, 3.05) is 19.6 Å². The van der Waals surface area contributed by atoms with Crippen molar-refractivity contribution in [1.82, 2.24) is 15.2 Å². The Balaban J connectivity index is 1.51. The number of halogens is 3. The molecule has 1 atom stereocenters. The van der Waals surface area contributed by atoms with Crippen LogP contribution in [0.4, 0.5) is 13.2 Å². The minimum Gasteiger partial charge on any atom is -0.350 e. The largest absolute Gasteiger partial charge is 0.404 e. The van der Waals surface area contributed by atoms with Gasteiger partial charge in [-0.25, -0.2) is 0 Å². The van der Waals surface area contributed by atoms with Crippen LogP contribution in [-0.4, -0.2) is 47.6 Å². The third-order valence-corrected chi connectivity index (χ3v) is 6.72. The van der Waals surface area contributed by atoms with Crippen molar-refractivity contribution >= 4 is 5.91 Å². The number of carbonyl (C=O) groups is 1. The Kier molecular flexibility index (Phi) is 7.32. The van der Waals surface area contributed by atoms with Gasteiger partial charge in [0.15, 0.2) is 0 Å². The highest BCUT2D eigenvalue weighted by Crippen LogP contribution is 2.38. The van der Waals surface area contributed by atoms with Crippen LogP contribution < -0.4 is 5.32 Å². The van der Waals surface area contributed by atoms with E-state index < -0.39 is 17.6 Å². The molecule has 34 heavy (non-hydrogen) atoms. The van der Waals surface area contributed by atoms with E-state index in [0.29, 0.717) is 43.7 Å². The van der Waals surface area contributed by atoms with E-state index >= 15 is 0 Å². The SMILES string of the molecule is O=C(NCC1(c2ccccc2)CCN(C(Cc2ccccc2)C(F)(F)F)CC1)c1ccccn1. The molecule has 178 valence electrons. The topological polar surface area (TPSA) is 45.2 Å². The highest BCUT2D eigenvalue weighted by molar-refractivity contribution is 5.92. The molecule has 1 aromatic heterocycles. The van der Waals surface area contributed by atoms with Crippen LogP contribution in [0.3, 0.4) is 0 Å². The van der Waals surface area contributed by atoms with Crippen LogP contribution in [0.25, 0.3) is 0 Å². The summed E-state index contributed by atoms with van der Waals surface area (Å²) in [6, 6.07) is 22.2. The molecule has 1 amide bonds. The van der Waals surface area contributed by atoms with Crippen molar-refractivity contribution in [2.45, 2.75) is 36.9 Å². The minimum atomic E-state index is -4.32. The van der Waals surface area contributed by atoms with Crippen molar-refractivity contribution in [3.63, 3.8) is 0 Å². The molecule has 0 radical (unpaired) electrons. The number of nitrogens with zero attached hydrogens (tertiary/aromatic N) is 2. The first-order chi connectivity index (χ1) is 16.4. The van der Waals surface area contributed by atoms with E-state index in [-0.39, 0.29) is 12.3 Å². The fourth-order valence-corrected chi connectivity index (χ4v) is 4.75. The molecular formula is C27H28F3N3O. The first kappa shape index (κ1) is 24.0. The Hall–Kier alpha value is -3.19. The van der Waals surface area contributed by atoms with Crippen LogP contribution >= 0.6 is 0 Å². The van der Waals surface area contributed by atoms with Gasteiger partial charge in [-0.3, -0.25) is 14.7 Å². The predicted octanol–water partition coefficient (Wildman–Crippen LogP) is 5.02. The lowest BCUT2D eigenvalue weighted by molar-refractivity contribution is -0.187. The average Bonchev–Trinajstić information content (AvgIpc) is 2.87. The molecule has 4 rings (SSSR count). The quantitative estimate of drug-likeness (QED) is 0.531. The standard InChI is InChI=1S/C27H28F3N3O/c28-27(29,30)24(19-21-9-3-1-4-10-21)33-17-14-26(15-18-33,22-11-5-2-6-12-22)20-32-25(34)23-13-7-8-16-31-23/h1-13,16,24H,14-15,17-20H2,(H,32,34). The lowest BCUT2D eigenvalue weighted by atomic mass is 9.72. The highest BCUT2D eigenvalue weighted by Gasteiger charge is 2.46. The predicted molar refractivity (Wildman–Crippen MR) is 125 cm³/mol. The van der Waals surface area contributed by atoms with E-state index in [2.05, 4.69) is 10.3 Å². The molecule has 1 fully saturated rings. The Morgan fingerprint density at radius 3 is 2.15 bits per heavy atom. The van der Waals surface area contributed by atoms with Crippen molar-refractivity contribution in [3.8, 4) is 0 Å². The molecule has 1 aliphatic rings. The van der Waals surface area contributed by atoms with Crippen LogP contribution in [0, 0.1) is 0 Å². The summed E-state index contributed by atoms with van der Waals surface area (Å²) in [6.07, 6.45) is -1.80. The van der Waals surface area contributed by atoms with Gasteiger partial charge in [0, 0.05) is 18.2 Å². The van der Waals surface area contributed by atoms with Crippen LogP contribution in [-0.2, 0) is 11.8 Å².